The second kappa shape index (κ2) is 6.81. The summed E-state index contributed by atoms with van der Waals surface area (Å²) in [6.07, 6.45) is 0. The number of hydrogen-bond acceptors (Lipinski definition) is 3. The van der Waals surface area contributed by atoms with E-state index in [1.807, 2.05) is 0 Å². The van der Waals surface area contributed by atoms with Crippen LogP contribution in [0.4, 0.5) is 14.5 Å². The summed E-state index contributed by atoms with van der Waals surface area (Å²) < 4.78 is 31.5. The van der Waals surface area contributed by atoms with E-state index in [9.17, 15) is 13.6 Å². The predicted molar refractivity (Wildman–Crippen MR) is 72.8 cm³/mol. The Balaban J connectivity index is 1.97. The van der Waals surface area contributed by atoms with Crippen LogP contribution in [0.3, 0.4) is 0 Å². The largest absolute Gasteiger partial charge is 0.483 e. The first-order valence-electron chi connectivity index (χ1n) is 6.16. The number of aliphatic hydroxyl groups excluding tert-OH is 1. The van der Waals surface area contributed by atoms with Crippen molar-refractivity contribution < 1.29 is 23.4 Å². The van der Waals surface area contributed by atoms with Gasteiger partial charge in [-0.15, -0.1) is 0 Å². The Morgan fingerprint density at radius 1 is 1.19 bits per heavy atom. The summed E-state index contributed by atoms with van der Waals surface area (Å²) in [5.74, 6) is -1.43. The molecule has 110 valence electrons. The molecule has 0 fully saturated rings. The van der Waals surface area contributed by atoms with E-state index >= 15 is 0 Å². The van der Waals surface area contributed by atoms with Crippen molar-refractivity contribution in [2.75, 3.05) is 11.9 Å². The van der Waals surface area contributed by atoms with Gasteiger partial charge in [0, 0.05) is 5.56 Å². The summed E-state index contributed by atoms with van der Waals surface area (Å²) >= 11 is 0. The van der Waals surface area contributed by atoms with E-state index in [4.69, 9.17) is 9.84 Å². The van der Waals surface area contributed by atoms with Gasteiger partial charge in [0.25, 0.3) is 5.91 Å². The zero-order chi connectivity index (χ0) is 15.2. The van der Waals surface area contributed by atoms with Crippen molar-refractivity contribution in [3.8, 4) is 5.75 Å². The molecule has 0 spiro atoms. The van der Waals surface area contributed by atoms with Crippen molar-refractivity contribution in [2.24, 2.45) is 0 Å². The van der Waals surface area contributed by atoms with E-state index in [1.54, 1.807) is 6.07 Å². The number of nitrogens with one attached hydrogen (secondary N) is 1. The number of carbonyl (C=O) groups is 1. The topological polar surface area (TPSA) is 58.6 Å². The Labute approximate surface area is 120 Å². The number of hydrogen-bond donors (Lipinski definition) is 2. The summed E-state index contributed by atoms with van der Waals surface area (Å²) in [5, 5.41) is 11.4. The lowest BCUT2D eigenvalue weighted by molar-refractivity contribution is -0.118. The number of para-hydroxylation sites is 1. The molecule has 0 unspecified atom stereocenters. The monoisotopic (exact) mass is 293 g/mol. The molecular formula is C15H13F2NO3. The smallest absolute Gasteiger partial charge is 0.262 e. The fraction of sp³-hybridized carbons (Fsp3) is 0.133. The number of aliphatic hydroxyl groups is 1. The molecule has 0 saturated heterocycles. The SMILES string of the molecule is O=C(COc1ccc(F)cc1CO)Nc1ccccc1F. The molecule has 0 atom stereocenters. The number of carbonyl (C=O) groups excluding carboxylic acids is 1. The normalized spacial score (nSPS) is 10.2. The van der Waals surface area contributed by atoms with Gasteiger partial charge in [-0.05, 0) is 30.3 Å². The van der Waals surface area contributed by atoms with Crippen LogP contribution in [0.15, 0.2) is 42.5 Å². The van der Waals surface area contributed by atoms with Crippen LogP contribution in [0.25, 0.3) is 0 Å². The standard InChI is InChI=1S/C15H13F2NO3/c16-11-5-6-14(10(7-11)8-19)21-9-15(20)18-13-4-2-1-3-12(13)17/h1-7,19H,8-9H2,(H,18,20). The maximum atomic E-state index is 13.3. The third-order valence-electron chi connectivity index (χ3n) is 2.70. The van der Waals surface area contributed by atoms with Gasteiger partial charge in [0.15, 0.2) is 6.61 Å². The van der Waals surface area contributed by atoms with E-state index in [0.717, 1.165) is 12.1 Å². The molecule has 0 aliphatic carbocycles. The van der Waals surface area contributed by atoms with Gasteiger partial charge in [0.05, 0.1) is 12.3 Å². The van der Waals surface area contributed by atoms with Crippen LogP contribution >= 0.6 is 0 Å². The highest BCUT2D eigenvalue weighted by molar-refractivity contribution is 5.91. The number of benzene rings is 2. The number of amides is 1. The lowest BCUT2D eigenvalue weighted by Crippen LogP contribution is -2.21. The minimum absolute atomic E-state index is 0.0487. The number of ether oxygens (including phenoxy) is 1. The molecule has 4 nitrogen and oxygen atoms in total. The highest BCUT2D eigenvalue weighted by atomic mass is 19.1. The molecule has 6 heteroatoms. The molecule has 0 aliphatic heterocycles. The highest BCUT2D eigenvalue weighted by Gasteiger charge is 2.09. The fourth-order valence-corrected chi connectivity index (χ4v) is 1.70. The van der Waals surface area contributed by atoms with Crippen molar-refractivity contribution in [3.05, 3.63) is 59.7 Å². The van der Waals surface area contributed by atoms with Crippen LogP contribution in [0, 0.1) is 11.6 Å². The molecule has 2 N–H and O–H groups in total. The van der Waals surface area contributed by atoms with Crippen molar-refractivity contribution in [3.63, 3.8) is 0 Å². The first-order valence-corrected chi connectivity index (χ1v) is 6.16. The Morgan fingerprint density at radius 3 is 2.67 bits per heavy atom. The van der Waals surface area contributed by atoms with Crippen molar-refractivity contribution in [2.45, 2.75) is 6.61 Å². The van der Waals surface area contributed by atoms with Crippen LogP contribution in [0.1, 0.15) is 5.56 Å². The second-order valence-corrected chi connectivity index (χ2v) is 4.23. The summed E-state index contributed by atoms with van der Waals surface area (Å²) in [5.41, 5.74) is 0.279. The minimum atomic E-state index is -0.562. The summed E-state index contributed by atoms with van der Waals surface area (Å²) in [4.78, 5) is 11.7. The van der Waals surface area contributed by atoms with Crippen LogP contribution < -0.4 is 10.1 Å². The molecular weight excluding hydrogens is 280 g/mol. The van der Waals surface area contributed by atoms with Gasteiger partial charge in [-0.25, -0.2) is 8.78 Å². The predicted octanol–water partition coefficient (Wildman–Crippen LogP) is 2.47. The molecule has 2 aromatic carbocycles. The molecule has 0 saturated carbocycles. The maximum Gasteiger partial charge on any atom is 0.262 e. The summed E-state index contributed by atoms with van der Waals surface area (Å²) in [7, 11) is 0. The Bertz CT molecular complexity index is 647. The first kappa shape index (κ1) is 14.9. The van der Waals surface area contributed by atoms with E-state index in [1.165, 1.54) is 24.3 Å². The summed E-state index contributed by atoms with van der Waals surface area (Å²) in [6, 6.07) is 9.33. The van der Waals surface area contributed by atoms with Gasteiger partial charge in [-0.1, -0.05) is 12.1 Å². The third kappa shape index (κ3) is 4.00. The molecule has 0 heterocycles. The van der Waals surface area contributed by atoms with Crippen molar-refractivity contribution >= 4 is 11.6 Å². The number of anilines is 1. The number of halogens is 2. The van der Waals surface area contributed by atoms with Gasteiger partial charge in [-0.2, -0.15) is 0 Å². The van der Waals surface area contributed by atoms with Crippen LogP contribution in [-0.2, 0) is 11.4 Å². The fourth-order valence-electron chi connectivity index (χ4n) is 1.70. The van der Waals surface area contributed by atoms with Gasteiger partial charge in [-0.3, -0.25) is 4.79 Å². The molecule has 0 radical (unpaired) electrons. The van der Waals surface area contributed by atoms with Gasteiger partial charge >= 0.3 is 0 Å². The van der Waals surface area contributed by atoms with Crippen LogP contribution in [0.5, 0.6) is 5.75 Å². The van der Waals surface area contributed by atoms with Crippen LogP contribution in [-0.4, -0.2) is 17.6 Å². The molecule has 2 rings (SSSR count). The van der Waals surface area contributed by atoms with E-state index < -0.39 is 24.1 Å². The molecule has 0 aliphatic rings. The Morgan fingerprint density at radius 2 is 1.95 bits per heavy atom. The lowest BCUT2D eigenvalue weighted by Gasteiger charge is -2.10. The average molecular weight is 293 g/mol. The average Bonchev–Trinajstić information content (AvgIpc) is 2.48. The van der Waals surface area contributed by atoms with E-state index in [0.29, 0.717) is 0 Å². The Hall–Kier alpha value is -2.47. The van der Waals surface area contributed by atoms with E-state index in [2.05, 4.69) is 5.32 Å². The third-order valence-corrected chi connectivity index (χ3v) is 2.70. The highest BCUT2D eigenvalue weighted by Crippen LogP contribution is 2.20. The molecule has 2 aromatic rings. The first-order chi connectivity index (χ1) is 10.1. The van der Waals surface area contributed by atoms with Crippen molar-refractivity contribution in [1.82, 2.24) is 0 Å². The van der Waals surface area contributed by atoms with Gasteiger partial charge < -0.3 is 15.2 Å². The zero-order valence-electron chi connectivity index (χ0n) is 11.0. The molecule has 21 heavy (non-hydrogen) atoms. The van der Waals surface area contributed by atoms with E-state index in [-0.39, 0.29) is 23.6 Å². The van der Waals surface area contributed by atoms with Gasteiger partial charge in [0.1, 0.15) is 17.4 Å². The molecule has 0 aromatic heterocycles. The number of rotatable bonds is 5. The minimum Gasteiger partial charge on any atom is -0.483 e. The summed E-state index contributed by atoms with van der Waals surface area (Å²) in [6.45, 7) is -0.797. The van der Waals surface area contributed by atoms with Gasteiger partial charge in [0.2, 0.25) is 0 Å². The molecule has 0 bridgehead atoms. The quantitative estimate of drug-likeness (QED) is 0.890. The zero-order valence-corrected chi connectivity index (χ0v) is 11.0. The maximum absolute atomic E-state index is 13.3. The Kier molecular flexibility index (Phi) is 4.84. The van der Waals surface area contributed by atoms with Crippen molar-refractivity contribution in [1.29, 1.82) is 0 Å². The lowest BCUT2D eigenvalue weighted by atomic mass is 10.2. The molecule has 1 amide bonds. The van der Waals surface area contributed by atoms with Crippen LogP contribution in [0.2, 0.25) is 0 Å². The second-order valence-electron chi connectivity index (χ2n) is 4.23.